The number of rotatable bonds is 6. The van der Waals surface area contributed by atoms with Crippen LogP contribution in [0, 0.1) is 0 Å². The molecule has 2 aromatic heterocycles. The Morgan fingerprint density at radius 3 is 3.00 bits per heavy atom. The summed E-state index contributed by atoms with van der Waals surface area (Å²) in [5.41, 5.74) is 2.84. The molecule has 0 saturated heterocycles. The molecule has 2 heterocycles. The Kier molecular flexibility index (Phi) is 4.38. The molecule has 3 aromatic rings. The number of aryl methyl sites for hydroxylation is 1. The monoisotopic (exact) mass is 316 g/mol. The first-order valence-electron chi connectivity index (χ1n) is 7.00. The van der Waals surface area contributed by atoms with E-state index in [0.717, 1.165) is 23.0 Å². The lowest BCUT2D eigenvalue weighted by Crippen LogP contribution is -2.26. The van der Waals surface area contributed by atoms with Crippen LogP contribution in [0.25, 0.3) is 11.0 Å². The molecule has 0 unspecified atom stereocenters. The maximum absolute atomic E-state index is 12.1. The minimum atomic E-state index is 0.122. The predicted molar refractivity (Wildman–Crippen MR) is 83.1 cm³/mol. The van der Waals surface area contributed by atoms with Crippen LogP contribution >= 0.6 is 11.7 Å². The summed E-state index contributed by atoms with van der Waals surface area (Å²) in [7, 11) is 1.82. The average Bonchev–Trinajstić information content (AvgIpc) is 3.17. The molecule has 114 valence electrons. The molecule has 0 atom stereocenters. The van der Waals surface area contributed by atoms with Gasteiger partial charge in [0.2, 0.25) is 5.91 Å². The van der Waals surface area contributed by atoms with Crippen molar-refractivity contribution in [2.75, 3.05) is 7.05 Å². The van der Waals surface area contributed by atoms with E-state index in [1.807, 2.05) is 25.2 Å². The standard InChI is InChI=1S/C14H16N6OS/c1-19(14(21)3-2-6-20-10-15-9-16-20)8-11-4-5-12-13(7-11)18-22-17-12/h4-5,7,9-10H,2-3,6,8H2,1H3. The second-order valence-corrected chi connectivity index (χ2v) is 5.63. The van der Waals surface area contributed by atoms with Crippen LogP contribution < -0.4 is 0 Å². The first-order chi connectivity index (χ1) is 10.7. The first-order valence-corrected chi connectivity index (χ1v) is 7.73. The van der Waals surface area contributed by atoms with Gasteiger partial charge in [-0.1, -0.05) is 6.07 Å². The quantitative estimate of drug-likeness (QED) is 0.692. The second-order valence-electron chi connectivity index (χ2n) is 5.10. The highest BCUT2D eigenvalue weighted by atomic mass is 32.1. The summed E-state index contributed by atoms with van der Waals surface area (Å²) in [4.78, 5) is 17.8. The highest BCUT2D eigenvalue weighted by molar-refractivity contribution is 7.00. The number of carbonyl (C=O) groups is 1. The number of amides is 1. The molecule has 0 aliphatic rings. The molecular weight excluding hydrogens is 300 g/mol. The lowest BCUT2D eigenvalue weighted by atomic mass is 10.2. The van der Waals surface area contributed by atoms with E-state index in [1.165, 1.54) is 18.1 Å². The zero-order valence-electron chi connectivity index (χ0n) is 12.2. The Morgan fingerprint density at radius 1 is 1.32 bits per heavy atom. The molecule has 0 bridgehead atoms. The van der Waals surface area contributed by atoms with Gasteiger partial charge < -0.3 is 4.90 Å². The van der Waals surface area contributed by atoms with Gasteiger partial charge in [0.25, 0.3) is 0 Å². The summed E-state index contributed by atoms with van der Waals surface area (Å²) in [6.45, 7) is 1.28. The fourth-order valence-electron chi connectivity index (χ4n) is 2.22. The smallest absolute Gasteiger partial charge is 0.222 e. The fraction of sp³-hybridized carbons (Fsp3) is 0.357. The van der Waals surface area contributed by atoms with E-state index in [0.29, 0.717) is 19.5 Å². The van der Waals surface area contributed by atoms with E-state index in [4.69, 9.17) is 0 Å². The van der Waals surface area contributed by atoms with E-state index in [9.17, 15) is 4.79 Å². The van der Waals surface area contributed by atoms with Crippen molar-refractivity contribution in [1.29, 1.82) is 0 Å². The van der Waals surface area contributed by atoms with Crippen LogP contribution in [0.2, 0.25) is 0 Å². The average molecular weight is 316 g/mol. The highest BCUT2D eigenvalue weighted by Gasteiger charge is 2.10. The number of nitrogens with zero attached hydrogens (tertiary/aromatic N) is 6. The molecule has 1 amide bonds. The van der Waals surface area contributed by atoms with Gasteiger partial charge in [-0.05, 0) is 24.1 Å². The molecule has 1 aromatic carbocycles. The largest absolute Gasteiger partial charge is 0.341 e. The van der Waals surface area contributed by atoms with Crippen LogP contribution in [0.1, 0.15) is 18.4 Å². The van der Waals surface area contributed by atoms with Gasteiger partial charge in [-0.2, -0.15) is 13.8 Å². The Balaban J connectivity index is 1.51. The van der Waals surface area contributed by atoms with Gasteiger partial charge in [0, 0.05) is 26.6 Å². The van der Waals surface area contributed by atoms with Crippen molar-refractivity contribution >= 4 is 28.7 Å². The Morgan fingerprint density at radius 2 is 2.18 bits per heavy atom. The zero-order valence-corrected chi connectivity index (χ0v) is 13.0. The van der Waals surface area contributed by atoms with E-state index < -0.39 is 0 Å². The van der Waals surface area contributed by atoms with Crippen molar-refractivity contribution in [3.05, 3.63) is 36.4 Å². The number of hydrogen-bond acceptors (Lipinski definition) is 6. The minimum Gasteiger partial charge on any atom is -0.341 e. The number of aromatic nitrogens is 5. The minimum absolute atomic E-state index is 0.122. The summed E-state index contributed by atoms with van der Waals surface area (Å²) in [6, 6.07) is 5.91. The van der Waals surface area contributed by atoms with Gasteiger partial charge in [0.05, 0.1) is 11.7 Å². The first kappa shape index (κ1) is 14.6. The van der Waals surface area contributed by atoms with Gasteiger partial charge in [0.15, 0.2) is 0 Å². The molecule has 0 aliphatic carbocycles. The number of fused-ring (bicyclic) bond motifs is 1. The van der Waals surface area contributed by atoms with Gasteiger partial charge in [0.1, 0.15) is 23.7 Å². The predicted octanol–water partition coefficient (Wildman–Crippen LogP) is 1.72. The normalized spacial score (nSPS) is 11.0. The van der Waals surface area contributed by atoms with E-state index in [-0.39, 0.29) is 5.91 Å². The van der Waals surface area contributed by atoms with Crippen molar-refractivity contribution < 1.29 is 4.79 Å². The maximum Gasteiger partial charge on any atom is 0.222 e. The zero-order chi connectivity index (χ0) is 15.4. The third kappa shape index (κ3) is 3.45. The summed E-state index contributed by atoms with van der Waals surface area (Å²) in [6.07, 6.45) is 4.40. The van der Waals surface area contributed by atoms with Crippen molar-refractivity contribution in [3.63, 3.8) is 0 Å². The molecule has 0 fully saturated rings. The van der Waals surface area contributed by atoms with Crippen LogP contribution in [-0.2, 0) is 17.9 Å². The van der Waals surface area contributed by atoms with Crippen LogP contribution in [-0.4, -0.2) is 41.4 Å². The van der Waals surface area contributed by atoms with E-state index in [1.54, 1.807) is 15.9 Å². The molecule has 3 rings (SSSR count). The van der Waals surface area contributed by atoms with Crippen LogP contribution in [0.5, 0.6) is 0 Å². The van der Waals surface area contributed by atoms with Crippen molar-refractivity contribution in [2.45, 2.75) is 25.9 Å². The number of benzene rings is 1. The summed E-state index contributed by atoms with van der Waals surface area (Å²) in [5.74, 6) is 0.122. The van der Waals surface area contributed by atoms with Crippen molar-refractivity contribution in [1.82, 2.24) is 28.4 Å². The molecule has 0 spiro atoms. The van der Waals surface area contributed by atoms with Gasteiger partial charge in [-0.15, -0.1) is 0 Å². The summed E-state index contributed by atoms with van der Waals surface area (Å²) in [5, 5.41) is 4.02. The summed E-state index contributed by atoms with van der Waals surface area (Å²) >= 11 is 1.20. The van der Waals surface area contributed by atoms with Gasteiger partial charge >= 0.3 is 0 Å². The van der Waals surface area contributed by atoms with Crippen molar-refractivity contribution in [3.8, 4) is 0 Å². The third-order valence-corrected chi connectivity index (χ3v) is 3.96. The molecule has 0 N–H and O–H groups in total. The lowest BCUT2D eigenvalue weighted by molar-refractivity contribution is -0.130. The third-order valence-electron chi connectivity index (χ3n) is 3.41. The van der Waals surface area contributed by atoms with Crippen LogP contribution in [0.4, 0.5) is 0 Å². The molecule has 8 heteroatoms. The molecule has 0 radical (unpaired) electrons. The molecule has 7 nitrogen and oxygen atoms in total. The van der Waals surface area contributed by atoms with E-state index in [2.05, 4.69) is 18.8 Å². The highest BCUT2D eigenvalue weighted by Crippen LogP contribution is 2.15. The fourth-order valence-corrected chi connectivity index (χ4v) is 2.74. The molecule has 0 saturated carbocycles. The van der Waals surface area contributed by atoms with Gasteiger partial charge in [-0.25, -0.2) is 4.98 Å². The number of carbonyl (C=O) groups excluding carboxylic acids is 1. The molecule has 0 aliphatic heterocycles. The van der Waals surface area contributed by atoms with Crippen molar-refractivity contribution in [2.24, 2.45) is 0 Å². The number of hydrogen-bond donors (Lipinski definition) is 0. The maximum atomic E-state index is 12.1. The summed E-state index contributed by atoms with van der Waals surface area (Å²) < 4.78 is 10.1. The Labute approximate surface area is 131 Å². The lowest BCUT2D eigenvalue weighted by Gasteiger charge is -2.17. The topological polar surface area (TPSA) is 76.8 Å². The molecular formula is C14H16N6OS. The van der Waals surface area contributed by atoms with E-state index >= 15 is 0 Å². The SMILES string of the molecule is CN(Cc1ccc2nsnc2c1)C(=O)CCCn1cncn1. The van der Waals surface area contributed by atoms with Gasteiger partial charge in [-0.3, -0.25) is 9.48 Å². The molecule has 22 heavy (non-hydrogen) atoms. The second kappa shape index (κ2) is 6.61. The van der Waals surface area contributed by atoms with Crippen LogP contribution in [0.15, 0.2) is 30.9 Å². The Hall–Kier alpha value is -2.35. The van der Waals surface area contributed by atoms with Crippen LogP contribution in [0.3, 0.4) is 0 Å². The Bertz CT molecular complexity index is 754.